The zero-order valence-corrected chi connectivity index (χ0v) is 16.2. The second kappa shape index (κ2) is 7.78. The molecule has 3 rings (SSSR count). The lowest BCUT2D eigenvalue weighted by atomic mass is 10.1. The minimum atomic E-state index is -3.77. The zero-order valence-electron chi connectivity index (χ0n) is 15.4. The summed E-state index contributed by atoms with van der Waals surface area (Å²) in [7, 11) is -3.77. The lowest BCUT2D eigenvalue weighted by Crippen LogP contribution is -2.43. The van der Waals surface area contributed by atoms with Crippen molar-refractivity contribution in [1.29, 1.82) is 0 Å². The summed E-state index contributed by atoms with van der Waals surface area (Å²) in [5, 5.41) is 2.73. The predicted molar refractivity (Wildman–Crippen MR) is 101 cm³/mol. The first-order chi connectivity index (χ1) is 12.8. The minimum absolute atomic E-state index is 0.201. The molecule has 0 aliphatic carbocycles. The maximum absolute atomic E-state index is 13.4. The van der Waals surface area contributed by atoms with E-state index in [0.717, 1.165) is 11.1 Å². The third-order valence-electron chi connectivity index (χ3n) is 4.88. The average molecular weight is 390 g/mol. The first kappa shape index (κ1) is 19.5. The van der Waals surface area contributed by atoms with Gasteiger partial charge in [-0.05, 0) is 49.6 Å². The van der Waals surface area contributed by atoms with Gasteiger partial charge in [-0.2, -0.15) is 4.31 Å². The van der Waals surface area contributed by atoms with Crippen LogP contribution in [-0.2, 0) is 14.8 Å². The molecular formula is C20H23FN2O3S. The molecule has 27 heavy (non-hydrogen) atoms. The molecule has 2 unspecified atom stereocenters. The summed E-state index contributed by atoms with van der Waals surface area (Å²) >= 11 is 0. The number of nitrogens with one attached hydrogen (secondary N) is 1. The van der Waals surface area contributed by atoms with Gasteiger partial charge in [-0.15, -0.1) is 0 Å². The van der Waals surface area contributed by atoms with Crippen molar-refractivity contribution in [1.82, 2.24) is 9.62 Å². The Morgan fingerprint density at radius 2 is 1.74 bits per heavy atom. The van der Waals surface area contributed by atoms with Gasteiger partial charge in [0.05, 0.1) is 10.9 Å². The summed E-state index contributed by atoms with van der Waals surface area (Å²) in [6.45, 7) is 3.55. The fraction of sp³-hybridized carbons (Fsp3) is 0.350. The molecule has 0 saturated carbocycles. The Balaban J connectivity index is 2.00. The van der Waals surface area contributed by atoms with Gasteiger partial charge in [0.1, 0.15) is 5.82 Å². The lowest BCUT2D eigenvalue weighted by Gasteiger charge is -2.30. The molecule has 2 aromatic carbocycles. The molecule has 0 bridgehead atoms. The summed E-state index contributed by atoms with van der Waals surface area (Å²) < 4.78 is 41.6. The highest BCUT2D eigenvalue weighted by Gasteiger charge is 2.42. The van der Waals surface area contributed by atoms with Crippen LogP contribution in [0.4, 0.5) is 4.39 Å². The lowest BCUT2D eigenvalue weighted by molar-refractivity contribution is -0.119. The Kier molecular flexibility index (Phi) is 5.62. The number of carbonyl (C=O) groups is 1. The molecule has 1 amide bonds. The molecule has 2 atom stereocenters. The van der Waals surface area contributed by atoms with Gasteiger partial charge in [0.15, 0.2) is 0 Å². The number of hydrogen-bond donors (Lipinski definition) is 1. The summed E-state index contributed by atoms with van der Waals surface area (Å²) in [5.41, 5.74) is 1.72. The van der Waals surface area contributed by atoms with E-state index >= 15 is 0 Å². The van der Waals surface area contributed by atoms with Gasteiger partial charge < -0.3 is 5.32 Å². The molecule has 1 fully saturated rings. The topological polar surface area (TPSA) is 66.5 Å². The molecule has 144 valence electrons. The van der Waals surface area contributed by atoms with Crippen molar-refractivity contribution in [2.75, 3.05) is 6.54 Å². The van der Waals surface area contributed by atoms with E-state index in [1.807, 2.05) is 6.92 Å². The Labute approximate surface area is 159 Å². The third kappa shape index (κ3) is 4.20. The average Bonchev–Trinajstić information content (AvgIpc) is 3.06. The fourth-order valence-corrected chi connectivity index (χ4v) is 5.37. The standard InChI is InChI=1S/C20H23FN2O3S/c1-14-3-10-19(11-4-14)27(25,26)23-18(13-22-15(2)24)9-12-20(23)16-5-7-17(21)8-6-16/h3-8,10-11,18,20H,9,12-13H2,1-2H3,(H,22,24). The summed E-state index contributed by atoms with van der Waals surface area (Å²) in [5.74, 6) is -0.563. The molecular weight excluding hydrogens is 367 g/mol. The number of sulfonamides is 1. The largest absolute Gasteiger partial charge is 0.355 e. The number of nitrogens with zero attached hydrogens (tertiary/aromatic N) is 1. The van der Waals surface area contributed by atoms with Gasteiger partial charge >= 0.3 is 0 Å². The fourth-order valence-electron chi connectivity index (χ4n) is 3.51. The SMILES string of the molecule is CC(=O)NCC1CCC(c2ccc(F)cc2)N1S(=O)(=O)c1ccc(C)cc1. The van der Waals surface area contributed by atoms with Crippen LogP contribution in [0.5, 0.6) is 0 Å². The Bertz CT molecular complexity index is 911. The van der Waals surface area contributed by atoms with E-state index in [4.69, 9.17) is 0 Å². The Hall–Kier alpha value is -2.25. The first-order valence-electron chi connectivity index (χ1n) is 8.89. The van der Waals surface area contributed by atoms with Gasteiger partial charge in [0, 0.05) is 19.5 Å². The number of halogens is 1. The van der Waals surface area contributed by atoms with Gasteiger partial charge in [-0.1, -0.05) is 29.8 Å². The van der Waals surface area contributed by atoms with Crippen molar-refractivity contribution in [3.8, 4) is 0 Å². The van der Waals surface area contributed by atoms with E-state index < -0.39 is 16.1 Å². The number of aryl methyl sites for hydroxylation is 1. The highest BCUT2D eigenvalue weighted by molar-refractivity contribution is 7.89. The normalized spacial score (nSPS) is 20.6. The smallest absolute Gasteiger partial charge is 0.243 e. The second-order valence-electron chi connectivity index (χ2n) is 6.88. The van der Waals surface area contributed by atoms with Crippen molar-refractivity contribution in [3.05, 3.63) is 65.5 Å². The van der Waals surface area contributed by atoms with Gasteiger partial charge in [-0.25, -0.2) is 12.8 Å². The van der Waals surface area contributed by atoms with E-state index in [1.165, 1.54) is 23.4 Å². The van der Waals surface area contributed by atoms with Crippen molar-refractivity contribution in [3.63, 3.8) is 0 Å². The summed E-state index contributed by atoms with van der Waals surface area (Å²) in [6, 6.07) is 11.9. The zero-order chi connectivity index (χ0) is 19.6. The van der Waals surface area contributed by atoms with Gasteiger partial charge in [0.2, 0.25) is 15.9 Å². The van der Waals surface area contributed by atoms with Crippen molar-refractivity contribution in [2.24, 2.45) is 0 Å². The van der Waals surface area contributed by atoms with Crippen LogP contribution >= 0.6 is 0 Å². The van der Waals surface area contributed by atoms with Gasteiger partial charge in [0.25, 0.3) is 0 Å². The molecule has 0 spiro atoms. The highest BCUT2D eigenvalue weighted by Crippen LogP contribution is 2.40. The highest BCUT2D eigenvalue weighted by atomic mass is 32.2. The number of carbonyl (C=O) groups excluding carboxylic acids is 1. The molecule has 1 aliphatic rings. The Morgan fingerprint density at radius 1 is 1.11 bits per heavy atom. The maximum Gasteiger partial charge on any atom is 0.243 e. The first-order valence-corrected chi connectivity index (χ1v) is 10.3. The molecule has 0 radical (unpaired) electrons. The predicted octanol–water partition coefficient (Wildman–Crippen LogP) is 3.16. The summed E-state index contributed by atoms with van der Waals surface area (Å²) in [6.07, 6.45) is 1.23. The maximum atomic E-state index is 13.4. The molecule has 5 nitrogen and oxygen atoms in total. The molecule has 1 heterocycles. The monoisotopic (exact) mass is 390 g/mol. The number of amides is 1. The molecule has 1 aliphatic heterocycles. The van der Waals surface area contributed by atoms with E-state index in [9.17, 15) is 17.6 Å². The molecule has 2 aromatic rings. The molecule has 1 saturated heterocycles. The van der Waals surface area contributed by atoms with Gasteiger partial charge in [-0.3, -0.25) is 4.79 Å². The van der Waals surface area contributed by atoms with Crippen LogP contribution in [0.3, 0.4) is 0 Å². The van der Waals surface area contributed by atoms with Crippen LogP contribution in [-0.4, -0.2) is 31.2 Å². The van der Waals surface area contributed by atoms with E-state index in [0.29, 0.717) is 12.8 Å². The molecule has 0 aromatic heterocycles. The van der Waals surface area contributed by atoms with Crippen molar-refractivity contribution in [2.45, 2.75) is 43.7 Å². The third-order valence-corrected chi connectivity index (χ3v) is 6.85. The number of benzene rings is 2. The van der Waals surface area contributed by atoms with Crippen LogP contribution in [0, 0.1) is 12.7 Å². The van der Waals surface area contributed by atoms with Crippen molar-refractivity contribution < 1.29 is 17.6 Å². The molecule has 7 heteroatoms. The minimum Gasteiger partial charge on any atom is -0.355 e. The van der Waals surface area contributed by atoms with Crippen LogP contribution in [0.2, 0.25) is 0 Å². The molecule has 1 N–H and O–H groups in total. The van der Waals surface area contributed by atoms with Crippen LogP contribution in [0.15, 0.2) is 53.4 Å². The number of rotatable bonds is 5. The quantitative estimate of drug-likeness (QED) is 0.853. The summed E-state index contributed by atoms with van der Waals surface area (Å²) in [4.78, 5) is 11.6. The van der Waals surface area contributed by atoms with E-state index in [2.05, 4.69) is 5.32 Å². The van der Waals surface area contributed by atoms with E-state index in [1.54, 1.807) is 36.4 Å². The van der Waals surface area contributed by atoms with Crippen LogP contribution < -0.4 is 5.32 Å². The van der Waals surface area contributed by atoms with Crippen LogP contribution in [0.25, 0.3) is 0 Å². The second-order valence-corrected chi connectivity index (χ2v) is 8.73. The number of hydrogen-bond acceptors (Lipinski definition) is 3. The van der Waals surface area contributed by atoms with Crippen molar-refractivity contribution >= 4 is 15.9 Å². The Morgan fingerprint density at radius 3 is 2.33 bits per heavy atom. The van der Waals surface area contributed by atoms with E-state index in [-0.39, 0.29) is 29.2 Å². The van der Waals surface area contributed by atoms with Crippen LogP contribution in [0.1, 0.15) is 36.9 Å².